The Labute approximate surface area is 164 Å². The first-order valence-corrected chi connectivity index (χ1v) is 9.91. The molecule has 2 heterocycles. The van der Waals surface area contributed by atoms with E-state index in [2.05, 4.69) is 34.7 Å². The molecule has 7 heteroatoms. The van der Waals surface area contributed by atoms with E-state index >= 15 is 0 Å². The topological polar surface area (TPSA) is 66.0 Å². The van der Waals surface area contributed by atoms with Crippen LogP contribution in [-0.4, -0.2) is 50.1 Å². The molecule has 0 saturated heterocycles. The highest BCUT2D eigenvalue weighted by Crippen LogP contribution is 2.35. The summed E-state index contributed by atoms with van der Waals surface area (Å²) in [7, 11) is 3.47. The molecular formula is C20H26N4O2S. The van der Waals surface area contributed by atoms with E-state index < -0.39 is 0 Å². The van der Waals surface area contributed by atoms with Gasteiger partial charge in [0.2, 0.25) is 5.91 Å². The Morgan fingerprint density at radius 2 is 2.15 bits per heavy atom. The molecule has 2 aromatic rings. The van der Waals surface area contributed by atoms with Gasteiger partial charge in [-0.15, -0.1) is 11.3 Å². The summed E-state index contributed by atoms with van der Waals surface area (Å²) in [6.07, 6.45) is 0. The molecule has 6 nitrogen and oxygen atoms in total. The van der Waals surface area contributed by atoms with Gasteiger partial charge in [-0.1, -0.05) is 24.3 Å². The van der Waals surface area contributed by atoms with Crippen LogP contribution < -0.4 is 15.4 Å². The molecule has 2 N–H and O–H groups in total. The Bertz CT molecular complexity index is 789. The molecule has 1 aliphatic heterocycles. The van der Waals surface area contributed by atoms with Crippen molar-refractivity contribution in [3.05, 3.63) is 52.2 Å². The summed E-state index contributed by atoms with van der Waals surface area (Å²) in [6.45, 7) is 3.54. The Balaban J connectivity index is 1.68. The second-order valence-electron chi connectivity index (χ2n) is 6.77. The lowest BCUT2D eigenvalue weighted by Crippen LogP contribution is -2.45. The number of aliphatic imine (C=N–C) groups is 1. The molecule has 27 heavy (non-hydrogen) atoms. The molecule has 0 aliphatic carbocycles. The number of hydrogen-bond donors (Lipinski definition) is 2. The van der Waals surface area contributed by atoms with Crippen LogP contribution in [0.1, 0.15) is 23.3 Å². The SMILES string of the molecule is CC(NC(=NCC(=O)N(C)C)NCc1cccs1)C1COc2ccccc21. The molecule has 0 saturated carbocycles. The summed E-state index contributed by atoms with van der Waals surface area (Å²) < 4.78 is 5.80. The summed E-state index contributed by atoms with van der Waals surface area (Å²) in [4.78, 5) is 19.2. The number of likely N-dealkylation sites (N-methyl/N-ethyl adjacent to an activating group) is 1. The highest BCUT2D eigenvalue weighted by atomic mass is 32.1. The predicted octanol–water partition coefficient (Wildman–Crippen LogP) is 2.44. The number of ether oxygens (including phenoxy) is 1. The number of thiophene rings is 1. The summed E-state index contributed by atoms with van der Waals surface area (Å²) in [5.74, 6) is 1.79. The van der Waals surface area contributed by atoms with E-state index in [1.165, 1.54) is 10.4 Å². The van der Waals surface area contributed by atoms with Crippen LogP contribution in [0, 0.1) is 0 Å². The van der Waals surface area contributed by atoms with Gasteiger partial charge in [-0.2, -0.15) is 0 Å². The maximum absolute atomic E-state index is 11.9. The van der Waals surface area contributed by atoms with Crippen LogP contribution >= 0.6 is 11.3 Å². The predicted molar refractivity (Wildman–Crippen MR) is 109 cm³/mol. The zero-order chi connectivity index (χ0) is 19.2. The van der Waals surface area contributed by atoms with Gasteiger partial charge in [-0.3, -0.25) is 4.79 Å². The fraction of sp³-hybridized carbons (Fsp3) is 0.400. The van der Waals surface area contributed by atoms with Crippen LogP contribution in [0.2, 0.25) is 0 Å². The van der Waals surface area contributed by atoms with Gasteiger partial charge in [0.25, 0.3) is 0 Å². The number of guanidine groups is 1. The van der Waals surface area contributed by atoms with Crippen molar-refractivity contribution >= 4 is 23.2 Å². The molecule has 1 aromatic carbocycles. The van der Waals surface area contributed by atoms with E-state index in [1.54, 1.807) is 30.3 Å². The summed E-state index contributed by atoms with van der Waals surface area (Å²) >= 11 is 1.69. The highest BCUT2D eigenvalue weighted by Gasteiger charge is 2.29. The number of amides is 1. The molecule has 2 atom stereocenters. The van der Waals surface area contributed by atoms with E-state index in [0.29, 0.717) is 19.1 Å². The maximum Gasteiger partial charge on any atom is 0.243 e. The minimum atomic E-state index is -0.0329. The molecule has 1 amide bonds. The average Bonchev–Trinajstić information content (AvgIpc) is 3.32. The Morgan fingerprint density at radius 1 is 1.33 bits per heavy atom. The molecular weight excluding hydrogens is 360 g/mol. The fourth-order valence-electron chi connectivity index (χ4n) is 2.94. The summed E-state index contributed by atoms with van der Waals surface area (Å²) in [5.41, 5.74) is 1.21. The van der Waals surface area contributed by atoms with Gasteiger partial charge < -0.3 is 20.3 Å². The lowest BCUT2D eigenvalue weighted by molar-refractivity contribution is -0.127. The van der Waals surface area contributed by atoms with Crippen molar-refractivity contribution in [2.45, 2.75) is 25.4 Å². The molecule has 144 valence electrons. The highest BCUT2D eigenvalue weighted by molar-refractivity contribution is 7.09. The van der Waals surface area contributed by atoms with Crippen molar-refractivity contribution in [3.63, 3.8) is 0 Å². The van der Waals surface area contributed by atoms with Crippen LogP contribution in [0.15, 0.2) is 46.8 Å². The normalized spacial score (nSPS) is 17.0. The van der Waals surface area contributed by atoms with E-state index in [9.17, 15) is 4.79 Å². The number of rotatable bonds is 6. The number of para-hydroxylation sites is 1. The monoisotopic (exact) mass is 386 g/mol. The number of nitrogens with zero attached hydrogens (tertiary/aromatic N) is 2. The minimum absolute atomic E-state index is 0.0329. The second kappa shape index (κ2) is 8.90. The van der Waals surface area contributed by atoms with Gasteiger partial charge in [-0.25, -0.2) is 4.99 Å². The smallest absolute Gasteiger partial charge is 0.243 e. The quantitative estimate of drug-likeness (QED) is 0.591. The average molecular weight is 387 g/mol. The maximum atomic E-state index is 11.9. The van der Waals surface area contributed by atoms with Crippen LogP contribution in [0.3, 0.4) is 0 Å². The molecule has 0 spiro atoms. The molecule has 1 aliphatic rings. The van der Waals surface area contributed by atoms with Crippen molar-refractivity contribution in [2.24, 2.45) is 4.99 Å². The third kappa shape index (κ3) is 5.01. The van der Waals surface area contributed by atoms with Gasteiger partial charge in [-0.05, 0) is 24.4 Å². The number of nitrogens with one attached hydrogen (secondary N) is 2. The lowest BCUT2D eigenvalue weighted by Gasteiger charge is -2.23. The van der Waals surface area contributed by atoms with Crippen LogP contribution in [0.25, 0.3) is 0 Å². The largest absolute Gasteiger partial charge is 0.493 e. The van der Waals surface area contributed by atoms with E-state index in [1.807, 2.05) is 29.6 Å². The second-order valence-corrected chi connectivity index (χ2v) is 7.81. The first-order chi connectivity index (χ1) is 13.0. The molecule has 2 unspecified atom stereocenters. The van der Waals surface area contributed by atoms with Gasteiger partial charge in [0.15, 0.2) is 5.96 Å². The number of carbonyl (C=O) groups is 1. The summed E-state index contributed by atoms with van der Waals surface area (Å²) in [6, 6.07) is 12.3. The van der Waals surface area contributed by atoms with E-state index in [4.69, 9.17) is 4.74 Å². The molecule has 3 rings (SSSR count). The van der Waals surface area contributed by atoms with Gasteiger partial charge in [0.1, 0.15) is 12.3 Å². The van der Waals surface area contributed by atoms with Crippen LogP contribution in [-0.2, 0) is 11.3 Å². The third-order valence-electron chi connectivity index (χ3n) is 4.59. The van der Waals surface area contributed by atoms with Crippen molar-refractivity contribution in [2.75, 3.05) is 27.2 Å². The molecule has 1 aromatic heterocycles. The standard InChI is InChI=1S/C20H26N4O2S/c1-14(17-13-26-18-9-5-4-8-16(17)18)23-20(22-12-19(25)24(2)3)21-11-15-7-6-10-27-15/h4-10,14,17H,11-13H2,1-3H3,(H2,21,22,23). The molecule has 0 bridgehead atoms. The fourth-order valence-corrected chi connectivity index (χ4v) is 3.59. The first kappa shape index (κ1) is 19.2. The van der Waals surface area contributed by atoms with Gasteiger partial charge in [0.05, 0.1) is 13.2 Å². The van der Waals surface area contributed by atoms with Crippen LogP contribution in [0.4, 0.5) is 0 Å². The Hall–Kier alpha value is -2.54. The van der Waals surface area contributed by atoms with E-state index in [-0.39, 0.29) is 24.4 Å². The van der Waals surface area contributed by atoms with Gasteiger partial charge >= 0.3 is 0 Å². The number of hydrogen-bond acceptors (Lipinski definition) is 4. The third-order valence-corrected chi connectivity index (χ3v) is 5.46. The Morgan fingerprint density at radius 3 is 2.89 bits per heavy atom. The number of fused-ring (bicyclic) bond motifs is 1. The van der Waals surface area contributed by atoms with Crippen molar-refractivity contribution in [3.8, 4) is 5.75 Å². The lowest BCUT2D eigenvalue weighted by atomic mass is 9.94. The van der Waals surface area contributed by atoms with Crippen molar-refractivity contribution < 1.29 is 9.53 Å². The van der Waals surface area contributed by atoms with E-state index in [0.717, 1.165) is 5.75 Å². The Kier molecular flexibility index (Phi) is 6.34. The zero-order valence-corrected chi connectivity index (χ0v) is 16.8. The van der Waals surface area contributed by atoms with Gasteiger partial charge in [0, 0.05) is 36.5 Å². The summed E-state index contributed by atoms with van der Waals surface area (Å²) in [5, 5.41) is 8.83. The first-order valence-electron chi connectivity index (χ1n) is 9.03. The molecule has 0 fully saturated rings. The number of benzene rings is 1. The van der Waals surface area contributed by atoms with Crippen molar-refractivity contribution in [1.82, 2.24) is 15.5 Å². The van der Waals surface area contributed by atoms with Crippen molar-refractivity contribution in [1.29, 1.82) is 0 Å². The zero-order valence-electron chi connectivity index (χ0n) is 15.9. The molecule has 0 radical (unpaired) electrons. The minimum Gasteiger partial charge on any atom is -0.493 e. The number of carbonyl (C=O) groups excluding carboxylic acids is 1. The van der Waals surface area contributed by atoms with Crippen LogP contribution in [0.5, 0.6) is 5.75 Å².